The quantitative estimate of drug-likeness (QED) is 0.665. The topological polar surface area (TPSA) is 34.9 Å². The van der Waals surface area contributed by atoms with Gasteiger partial charge in [0.15, 0.2) is 0 Å². The highest BCUT2D eigenvalue weighted by atomic mass is 16.1. The third-order valence-corrected chi connectivity index (χ3v) is 3.25. The lowest BCUT2D eigenvalue weighted by molar-refractivity contribution is 0.892. The van der Waals surface area contributed by atoms with Crippen LogP contribution in [0.5, 0.6) is 0 Å². The molecule has 3 rings (SSSR count). The summed E-state index contributed by atoms with van der Waals surface area (Å²) in [5.41, 5.74) is 4.25. The van der Waals surface area contributed by atoms with E-state index in [1.165, 1.54) is 0 Å². The molecule has 0 aliphatic carbocycles. The molecule has 0 amide bonds. The van der Waals surface area contributed by atoms with E-state index in [1.54, 1.807) is 0 Å². The average Bonchev–Trinajstić information content (AvgIpc) is 2.41. The summed E-state index contributed by atoms with van der Waals surface area (Å²) in [5.74, 6) is 0. The standard InChI is InChI=1S/C16H14N2O/c1-11-9-18(2)10-14-13(11)8-15(17-16(14)19)12-6-4-3-5-7-12/h3-10H,1-2H3. The minimum Gasteiger partial charge on any atom is -0.356 e. The molecule has 0 bridgehead atoms. The van der Waals surface area contributed by atoms with Crippen LogP contribution in [0.3, 0.4) is 0 Å². The van der Waals surface area contributed by atoms with Gasteiger partial charge in [-0.15, -0.1) is 0 Å². The molecule has 0 radical (unpaired) electrons. The molecular formula is C16H14N2O. The molecule has 1 aromatic rings. The Kier molecular flexibility index (Phi) is 2.67. The number of pyridine rings is 2. The van der Waals surface area contributed by atoms with Crippen molar-refractivity contribution >= 4 is 0 Å². The van der Waals surface area contributed by atoms with Gasteiger partial charge in [0.25, 0.3) is 5.56 Å². The number of hydrogen-bond acceptors (Lipinski definition) is 2. The minimum atomic E-state index is -0.171. The van der Waals surface area contributed by atoms with E-state index in [0.29, 0.717) is 5.56 Å². The molecule has 3 heteroatoms. The highest BCUT2D eigenvalue weighted by Gasteiger charge is 2.13. The molecule has 2 aliphatic heterocycles. The molecule has 0 fully saturated rings. The van der Waals surface area contributed by atoms with Crippen molar-refractivity contribution in [2.24, 2.45) is 7.05 Å². The summed E-state index contributed by atoms with van der Waals surface area (Å²) < 4.78 is 1.89. The number of hydrogen-bond donors (Lipinski definition) is 0. The second kappa shape index (κ2) is 4.35. The summed E-state index contributed by atoms with van der Waals surface area (Å²) in [5, 5.41) is 0. The normalized spacial score (nSPS) is 10.8. The largest absolute Gasteiger partial charge is 0.356 e. The summed E-state index contributed by atoms with van der Waals surface area (Å²) in [4.78, 5) is 16.3. The van der Waals surface area contributed by atoms with Crippen LogP contribution in [0.4, 0.5) is 0 Å². The first kappa shape index (κ1) is 11.7. The number of benzene rings is 1. The number of fused-ring (bicyclic) bond motifs is 1. The molecule has 94 valence electrons. The Bertz CT molecular complexity index is 760. The molecule has 0 spiro atoms. The van der Waals surface area contributed by atoms with Crippen LogP contribution in [0.15, 0.2) is 53.6 Å². The van der Waals surface area contributed by atoms with Crippen molar-refractivity contribution in [3.05, 3.63) is 64.7 Å². The van der Waals surface area contributed by atoms with Gasteiger partial charge in [-0.1, -0.05) is 30.3 Å². The van der Waals surface area contributed by atoms with Gasteiger partial charge in [0.05, 0.1) is 11.3 Å². The van der Waals surface area contributed by atoms with E-state index in [9.17, 15) is 4.79 Å². The molecule has 2 aliphatic rings. The van der Waals surface area contributed by atoms with Crippen LogP contribution in [0, 0.1) is 6.92 Å². The fourth-order valence-electron chi connectivity index (χ4n) is 2.36. The van der Waals surface area contributed by atoms with Gasteiger partial charge >= 0.3 is 0 Å². The fourth-order valence-corrected chi connectivity index (χ4v) is 2.36. The molecule has 0 aromatic heterocycles. The lowest BCUT2D eigenvalue weighted by atomic mass is 10.0. The molecule has 3 nitrogen and oxygen atoms in total. The lowest BCUT2D eigenvalue weighted by Crippen LogP contribution is -2.13. The van der Waals surface area contributed by atoms with Gasteiger partial charge in [0.2, 0.25) is 0 Å². The fraction of sp³-hybridized carbons (Fsp3) is 0.125. The predicted molar refractivity (Wildman–Crippen MR) is 76.3 cm³/mol. The van der Waals surface area contributed by atoms with E-state index in [0.717, 1.165) is 22.4 Å². The Morgan fingerprint density at radius 3 is 2.53 bits per heavy atom. The molecule has 19 heavy (non-hydrogen) atoms. The van der Waals surface area contributed by atoms with E-state index in [4.69, 9.17) is 0 Å². The molecule has 0 N–H and O–H groups in total. The Morgan fingerprint density at radius 2 is 1.79 bits per heavy atom. The van der Waals surface area contributed by atoms with Crippen LogP contribution in [0.25, 0.3) is 22.4 Å². The van der Waals surface area contributed by atoms with Crippen molar-refractivity contribution in [3.63, 3.8) is 0 Å². The van der Waals surface area contributed by atoms with Gasteiger partial charge in [-0.2, -0.15) is 0 Å². The van der Waals surface area contributed by atoms with Crippen molar-refractivity contribution in [1.82, 2.24) is 9.55 Å². The predicted octanol–water partition coefficient (Wildman–Crippen LogP) is 2.86. The highest BCUT2D eigenvalue weighted by molar-refractivity contribution is 5.73. The number of aromatic nitrogens is 2. The van der Waals surface area contributed by atoms with E-state index in [2.05, 4.69) is 4.98 Å². The summed E-state index contributed by atoms with van der Waals surface area (Å²) >= 11 is 0. The van der Waals surface area contributed by atoms with Crippen LogP contribution in [-0.4, -0.2) is 9.55 Å². The number of nitrogens with zero attached hydrogens (tertiary/aromatic N) is 2. The number of rotatable bonds is 1. The highest BCUT2D eigenvalue weighted by Crippen LogP contribution is 2.26. The Labute approximate surface area is 111 Å². The SMILES string of the molecule is Cc1cn(C)cc2c(=O)nc(-c3ccccc3)cc1-2. The molecular weight excluding hydrogens is 236 g/mol. The van der Waals surface area contributed by atoms with Gasteiger partial charge in [-0.3, -0.25) is 4.79 Å². The van der Waals surface area contributed by atoms with E-state index < -0.39 is 0 Å². The zero-order chi connectivity index (χ0) is 13.4. The van der Waals surface area contributed by atoms with Gasteiger partial charge in [-0.25, -0.2) is 4.98 Å². The van der Waals surface area contributed by atoms with Crippen molar-refractivity contribution in [3.8, 4) is 22.4 Å². The average molecular weight is 250 g/mol. The van der Waals surface area contributed by atoms with Crippen molar-refractivity contribution in [2.45, 2.75) is 6.92 Å². The Hall–Kier alpha value is -2.42. The number of aryl methyl sites for hydroxylation is 2. The van der Waals surface area contributed by atoms with E-state index >= 15 is 0 Å². The smallest absolute Gasteiger partial charge is 0.279 e. The van der Waals surface area contributed by atoms with Crippen LogP contribution in [0.1, 0.15) is 5.56 Å². The monoisotopic (exact) mass is 250 g/mol. The van der Waals surface area contributed by atoms with E-state index in [-0.39, 0.29) is 5.56 Å². The molecule has 0 saturated carbocycles. The van der Waals surface area contributed by atoms with Crippen LogP contribution in [-0.2, 0) is 7.05 Å². The van der Waals surface area contributed by atoms with Gasteiger partial charge < -0.3 is 4.57 Å². The lowest BCUT2D eigenvalue weighted by Gasteiger charge is -2.12. The van der Waals surface area contributed by atoms with Gasteiger partial charge in [-0.05, 0) is 24.1 Å². The molecule has 0 saturated heterocycles. The first-order chi connectivity index (χ1) is 9.15. The first-order valence-corrected chi connectivity index (χ1v) is 6.18. The van der Waals surface area contributed by atoms with Gasteiger partial charge in [0.1, 0.15) is 0 Å². The van der Waals surface area contributed by atoms with E-state index in [1.807, 2.05) is 67.3 Å². The Balaban J connectivity index is 2.32. The van der Waals surface area contributed by atoms with Crippen molar-refractivity contribution in [1.29, 1.82) is 0 Å². The van der Waals surface area contributed by atoms with Crippen molar-refractivity contribution < 1.29 is 0 Å². The zero-order valence-corrected chi connectivity index (χ0v) is 10.9. The summed E-state index contributed by atoms with van der Waals surface area (Å²) in [6.45, 7) is 2.01. The van der Waals surface area contributed by atoms with Crippen LogP contribution >= 0.6 is 0 Å². The maximum Gasteiger partial charge on any atom is 0.279 e. The van der Waals surface area contributed by atoms with Crippen LogP contribution in [0.2, 0.25) is 0 Å². The zero-order valence-electron chi connectivity index (χ0n) is 10.9. The minimum absolute atomic E-state index is 0.171. The van der Waals surface area contributed by atoms with Crippen LogP contribution < -0.4 is 5.56 Å². The summed E-state index contributed by atoms with van der Waals surface area (Å²) in [6.07, 6.45) is 3.84. The van der Waals surface area contributed by atoms with Crippen molar-refractivity contribution in [2.75, 3.05) is 0 Å². The maximum atomic E-state index is 12.2. The summed E-state index contributed by atoms with van der Waals surface area (Å²) in [6, 6.07) is 11.8. The third-order valence-electron chi connectivity index (χ3n) is 3.25. The van der Waals surface area contributed by atoms with Gasteiger partial charge in [0, 0.05) is 25.0 Å². The third kappa shape index (κ3) is 2.03. The first-order valence-electron chi connectivity index (χ1n) is 6.18. The second-order valence-electron chi connectivity index (χ2n) is 4.75. The molecule has 1 aromatic carbocycles. The molecule has 0 atom stereocenters. The molecule has 2 heterocycles. The summed E-state index contributed by atoms with van der Waals surface area (Å²) in [7, 11) is 1.91. The Morgan fingerprint density at radius 1 is 1.05 bits per heavy atom. The second-order valence-corrected chi connectivity index (χ2v) is 4.75. The molecule has 0 unspecified atom stereocenters. The maximum absolute atomic E-state index is 12.2.